The van der Waals surface area contributed by atoms with E-state index in [2.05, 4.69) is 5.32 Å². The van der Waals surface area contributed by atoms with Crippen LogP contribution in [0.5, 0.6) is 0 Å². The zero-order chi connectivity index (χ0) is 15.5. The Hall–Kier alpha value is -2.08. The number of benzene rings is 1. The first-order valence-corrected chi connectivity index (χ1v) is 6.40. The van der Waals surface area contributed by atoms with Crippen molar-refractivity contribution in [3.8, 4) is 0 Å². The van der Waals surface area contributed by atoms with Gasteiger partial charge in [0.15, 0.2) is 5.43 Å². The number of likely N-dealkylation sites (N-methyl/N-ethyl adjacent to an activating group) is 1. The molecule has 0 amide bonds. The van der Waals surface area contributed by atoms with E-state index in [1.54, 1.807) is 30.1 Å². The SMILES string of the molecule is CNC(Cn1ccc(=O)cc1)c1cccc(C(F)(F)F)c1. The van der Waals surface area contributed by atoms with Crippen LogP contribution < -0.4 is 10.7 Å². The molecular weight excluding hydrogens is 281 g/mol. The highest BCUT2D eigenvalue weighted by Crippen LogP contribution is 2.30. The fraction of sp³-hybridized carbons (Fsp3) is 0.267. The van der Waals surface area contributed by atoms with Gasteiger partial charge in [0, 0.05) is 37.1 Å². The summed E-state index contributed by atoms with van der Waals surface area (Å²) in [5.74, 6) is 0. The number of nitrogens with zero attached hydrogens (tertiary/aromatic N) is 1. The minimum atomic E-state index is -4.36. The summed E-state index contributed by atoms with van der Waals surface area (Å²) >= 11 is 0. The van der Waals surface area contributed by atoms with Crippen LogP contribution in [0.3, 0.4) is 0 Å². The van der Waals surface area contributed by atoms with E-state index in [0.29, 0.717) is 12.1 Å². The van der Waals surface area contributed by atoms with Crippen LogP contribution in [-0.2, 0) is 12.7 Å². The molecule has 1 aromatic heterocycles. The molecule has 112 valence electrons. The zero-order valence-electron chi connectivity index (χ0n) is 11.4. The van der Waals surface area contributed by atoms with Gasteiger partial charge in [-0.2, -0.15) is 13.2 Å². The highest BCUT2D eigenvalue weighted by atomic mass is 19.4. The molecule has 1 heterocycles. The molecule has 0 aliphatic carbocycles. The standard InChI is InChI=1S/C15H15F3N2O/c1-19-14(10-20-7-5-13(21)6-8-20)11-3-2-4-12(9-11)15(16,17)18/h2-9,14,19H,10H2,1H3. The van der Waals surface area contributed by atoms with Crippen LogP contribution in [0.4, 0.5) is 13.2 Å². The molecule has 2 rings (SSSR count). The fourth-order valence-corrected chi connectivity index (χ4v) is 2.07. The van der Waals surface area contributed by atoms with Gasteiger partial charge in [0.2, 0.25) is 0 Å². The molecule has 0 fully saturated rings. The number of hydrogen-bond donors (Lipinski definition) is 1. The molecule has 0 radical (unpaired) electrons. The van der Waals surface area contributed by atoms with Crippen LogP contribution in [0.15, 0.2) is 53.6 Å². The van der Waals surface area contributed by atoms with Gasteiger partial charge in [-0.3, -0.25) is 4.79 Å². The smallest absolute Gasteiger partial charge is 0.352 e. The molecule has 21 heavy (non-hydrogen) atoms. The van der Waals surface area contributed by atoms with Gasteiger partial charge >= 0.3 is 6.18 Å². The summed E-state index contributed by atoms with van der Waals surface area (Å²) in [5, 5.41) is 2.99. The first-order chi connectivity index (χ1) is 9.90. The number of halogens is 3. The van der Waals surface area contributed by atoms with Crippen molar-refractivity contribution in [1.29, 1.82) is 0 Å². The Labute approximate surface area is 120 Å². The minimum Gasteiger partial charge on any atom is -0.352 e. The van der Waals surface area contributed by atoms with Crippen molar-refractivity contribution in [3.63, 3.8) is 0 Å². The first kappa shape index (κ1) is 15.3. The number of aromatic nitrogens is 1. The summed E-state index contributed by atoms with van der Waals surface area (Å²) in [6.07, 6.45) is -1.13. The number of pyridine rings is 1. The van der Waals surface area contributed by atoms with Gasteiger partial charge in [0.25, 0.3) is 0 Å². The molecule has 0 bridgehead atoms. The lowest BCUT2D eigenvalue weighted by Crippen LogP contribution is -2.23. The monoisotopic (exact) mass is 296 g/mol. The average molecular weight is 296 g/mol. The summed E-state index contributed by atoms with van der Waals surface area (Å²) < 4.78 is 40.0. The molecule has 3 nitrogen and oxygen atoms in total. The number of alkyl halides is 3. The molecule has 0 spiro atoms. The second kappa shape index (κ2) is 6.13. The van der Waals surface area contributed by atoms with Crippen molar-refractivity contribution in [2.45, 2.75) is 18.8 Å². The molecule has 0 aliphatic heterocycles. The lowest BCUT2D eigenvalue weighted by molar-refractivity contribution is -0.137. The molecule has 1 aromatic carbocycles. The number of rotatable bonds is 4. The van der Waals surface area contributed by atoms with Crippen LogP contribution in [-0.4, -0.2) is 11.6 Å². The third-order valence-electron chi connectivity index (χ3n) is 3.22. The fourth-order valence-electron chi connectivity index (χ4n) is 2.07. The Morgan fingerprint density at radius 3 is 2.43 bits per heavy atom. The maximum atomic E-state index is 12.7. The van der Waals surface area contributed by atoms with E-state index in [-0.39, 0.29) is 11.5 Å². The first-order valence-electron chi connectivity index (χ1n) is 6.40. The summed E-state index contributed by atoms with van der Waals surface area (Å²) in [5.41, 5.74) is -0.225. The number of hydrogen-bond acceptors (Lipinski definition) is 2. The highest BCUT2D eigenvalue weighted by Gasteiger charge is 2.30. The third-order valence-corrected chi connectivity index (χ3v) is 3.22. The summed E-state index contributed by atoms with van der Waals surface area (Å²) in [6, 6.07) is 7.79. The lowest BCUT2D eigenvalue weighted by atomic mass is 10.0. The van der Waals surface area contributed by atoms with Gasteiger partial charge in [-0.15, -0.1) is 0 Å². The summed E-state index contributed by atoms with van der Waals surface area (Å²) in [7, 11) is 1.69. The van der Waals surface area contributed by atoms with Gasteiger partial charge in [0.05, 0.1) is 5.56 Å². The second-order valence-electron chi connectivity index (χ2n) is 4.70. The van der Waals surface area contributed by atoms with E-state index in [1.807, 2.05) is 0 Å². The molecule has 1 atom stereocenters. The van der Waals surface area contributed by atoms with E-state index in [4.69, 9.17) is 0 Å². The van der Waals surface area contributed by atoms with E-state index >= 15 is 0 Å². The molecular formula is C15H15F3N2O. The van der Waals surface area contributed by atoms with E-state index in [9.17, 15) is 18.0 Å². The van der Waals surface area contributed by atoms with Crippen molar-refractivity contribution < 1.29 is 13.2 Å². The van der Waals surface area contributed by atoms with Crippen molar-refractivity contribution in [2.75, 3.05) is 7.05 Å². The van der Waals surface area contributed by atoms with Crippen molar-refractivity contribution in [3.05, 3.63) is 70.1 Å². The second-order valence-corrected chi connectivity index (χ2v) is 4.70. The van der Waals surface area contributed by atoms with Gasteiger partial charge in [-0.05, 0) is 24.7 Å². The van der Waals surface area contributed by atoms with Crippen LogP contribution >= 0.6 is 0 Å². The quantitative estimate of drug-likeness (QED) is 0.941. The van der Waals surface area contributed by atoms with E-state index in [0.717, 1.165) is 12.1 Å². The van der Waals surface area contributed by atoms with Crippen molar-refractivity contribution in [1.82, 2.24) is 9.88 Å². The Morgan fingerprint density at radius 1 is 1.19 bits per heavy atom. The van der Waals surface area contributed by atoms with Crippen LogP contribution in [0.25, 0.3) is 0 Å². The van der Waals surface area contributed by atoms with Gasteiger partial charge < -0.3 is 9.88 Å². The normalized spacial score (nSPS) is 13.1. The average Bonchev–Trinajstić information content (AvgIpc) is 2.46. The van der Waals surface area contributed by atoms with Crippen LogP contribution in [0.2, 0.25) is 0 Å². The van der Waals surface area contributed by atoms with E-state index < -0.39 is 11.7 Å². The Balaban J connectivity index is 2.25. The third kappa shape index (κ3) is 3.95. The summed E-state index contributed by atoms with van der Waals surface area (Å²) in [4.78, 5) is 11.0. The van der Waals surface area contributed by atoms with Gasteiger partial charge in [0.1, 0.15) is 0 Å². The maximum Gasteiger partial charge on any atom is 0.416 e. The molecule has 1 N–H and O–H groups in total. The van der Waals surface area contributed by atoms with Crippen molar-refractivity contribution in [2.24, 2.45) is 0 Å². The summed E-state index contributed by atoms with van der Waals surface area (Å²) in [6.45, 7) is 0.429. The van der Waals surface area contributed by atoms with E-state index in [1.165, 1.54) is 18.2 Å². The molecule has 2 aromatic rings. The Morgan fingerprint density at radius 2 is 1.86 bits per heavy atom. The maximum absolute atomic E-state index is 12.7. The van der Waals surface area contributed by atoms with Gasteiger partial charge in [-0.25, -0.2) is 0 Å². The number of nitrogens with one attached hydrogen (secondary N) is 1. The molecule has 1 unspecified atom stereocenters. The molecule has 0 saturated carbocycles. The molecule has 0 aliphatic rings. The topological polar surface area (TPSA) is 34.0 Å². The van der Waals surface area contributed by atoms with Gasteiger partial charge in [-0.1, -0.05) is 12.1 Å². The minimum absolute atomic E-state index is 0.105. The predicted octanol–water partition coefficient (Wildman–Crippen LogP) is 2.83. The largest absolute Gasteiger partial charge is 0.416 e. The Kier molecular flexibility index (Phi) is 4.47. The zero-order valence-corrected chi connectivity index (χ0v) is 11.4. The predicted molar refractivity (Wildman–Crippen MR) is 73.9 cm³/mol. The highest BCUT2D eigenvalue weighted by molar-refractivity contribution is 5.28. The molecule has 6 heteroatoms. The van der Waals surface area contributed by atoms with Crippen LogP contribution in [0, 0.1) is 0 Å². The van der Waals surface area contributed by atoms with Crippen LogP contribution in [0.1, 0.15) is 17.2 Å². The van der Waals surface area contributed by atoms with Crippen molar-refractivity contribution >= 4 is 0 Å². The Bertz CT molecular complexity index is 644. The lowest BCUT2D eigenvalue weighted by Gasteiger charge is -2.19. The molecule has 0 saturated heterocycles.